The topological polar surface area (TPSA) is 12.0 Å². The number of halogens is 2. The minimum Gasteiger partial charge on any atom is -0.305 e. The molecule has 1 nitrogen and oxygen atoms in total. The van der Waals surface area contributed by atoms with Crippen molar-refractivity contribution in [3.8, 4) is 0 Å². The Morgan fingerprint density at radius 1 is 1.15 bits per heavy atom. The third-order valence-corrected chi connectivity index (χ3v) is 4.23. The maximum absolute atomic E-state index is 12.5. The highest BCUT2D eigenvalue weighted by Crippen LogP contribution is 2.24. The Balaban J connectivity index is 1.95. The summed E-state index contributed by atoms with van der Waals surface area (Å²) in [6.07, 6.45) is -0.203. The lowest BCUT2D eigenvalue weighted by molar-refractivity contribution is 0.151. The predicted molar refractivity (Wildman–Crippen MR) is 80.2 cm³/mol. The lowest BCUT2D eigenvalue weighted by Crippen LogP contribution is -2.19. The van der Waals surface area contributed by atoms with Crippen molar-refractivity contribution in [2.45, 2.75) is 38.8 Å². The van der Waals surface area contributed by atoms with E-state index in [2.05, 4.69) is 29.8 Å². The molecule has 4 heteroatoms. The van der Waals surface area contributed by atoms with E-state index in [1.165, 1.54) is 17.0 Å². The summed E-state index contributed by atoms with van der Waals surface area (Å²) in [6, 6.07) is 11.1. The fourth-order valence-electron chi connectivity index (χ4n) is 2.15. The van der Waals surface area contributed by atoms with Crippen molar-refractivity contribution >= 4 is 11.3 Å². The van der Waals surface area contributed by atoms with Crippen molar-refractivity contribution in [3.05, 3.63) is 57.8 Å². The maximum atomic E-state index is 12.5. The number of hydrogen-bond acceptors (Lipinski definition) is 2. The fourth-order valence-corrected chi connectivity index (χ4v) is 2.98. The third-order valence-electron chi connectivity index (χ3n) is 3.25. The SMILES string of the molecule is CCCC(NCc1ccc(C(F)F)cc1)c1cccs1. The van der Waals surface area contributed by atoms with Crippen LogP contribution in [0.2, 0.25) is 0 Å². The number of alkyl halides is 2. The molecule has 2 rings (SSSR count). The highest BCUT2D eigenvalue weighted by atomic mass is 32.1. The summed E-state index contributed by atoms with van der Waals surface area (Å²) >= 11 is 1.75. The molecule has 0 fully saturated rings. The van der Waals surface area contributed by atoms with Crippen LogP contribution in [0.5, 0.6) is 0 Å². The molecule has 1 unspecified atom stereocenters. The van der Waals surface area contributed by atoms with E-state index in [-0.39, 0.29) is 5.56 Å². The first kappa shape index (κ1) is 15.1. The highest BCUT2D eigenvalue weighted by Gasteiger charge is 2.11. The number of benzene rings is 1. The van der Waals surface area contributed by atoms with Gasteiger partial charge in [0.15, 0.2) is 0 Å². The molecule has 0 aliphatic rings. The summed E-state index contributed by atoms with van der Waals surface area (Å²) < 4.78 is 25.0. The predicted octanol–water partition coefficient (Wildman–Crippen LogP) is 5.32. The summed E-state index contributed by atoms with van der Waals surface area (Å²) in [5, 5.41) is 5.59. The summed E-state index contributed by atoms with van der Waals surface area (Å²) in [6.45, 7) is 2.87. The van der Waals surface area contributed by atoms with Crippen LogP contribution in [0, 0.1) is 0 Å². The average Bonchev–Trinajstić information content (AvgIpc) is 2.98. The van der Waals surface area contributed by atoms with Crippen LogP contribution in [0.4, 0.5) is 8.78 Å². The molecule has 0 aliphatic heterocycles. The number of rotatable bonds is 7. The van der Waals surface area contributed by atoms with E-state index in [1.54, 1.807) is 23.5 Å². The Hall–Kier alpha value is -1.26. The third kappa shape index (κ3) is 4.12. The first-order chi connectivity index (χ1) is 9.70. The lowest BCUT2D eigenvalue weighted by Gasteiger charge is -2.17. The van der Waals surface area contributed by atoms with Crippen molar-refractivity contribution < 1.29 is 8.78 Å². The Morgan fingerprint density at radius 3 is 2.45 bits per heavy atom. The molecule has 0 amide bonds. The second-order valence-corrected chi connectivity index (χ2v) is 5.76. The molecule has 1 N–H and O–H groups in total. The Morgan fingerprint density at radius 2 is 1.90 bits per heavy atom. The molecule has 1 aromatic carbocycles. The van der Waals surface area contributed by atoms with Crippen LogP contribution in [0.25, 0.3) is 0 Å². The van der Waals surface area contributed by atoms with Gasteiger partial charge in [0.1, 0.15) is 0 Å². The normalized spacial score (nSPS) is 12.8. The molecule has 108 valence electrons. The van der Waals surface area contributed by atoms with Crippen LogP contribution in [0.3, 0.4) is 0 Å². The molecule has 1 heterocycles. The van der Waals surface area contributed by atoms with Crippen LogP contribution in [0.15, 0.2) is 41.8 Å². The summed E-state index contributed by atoms with van der Waals surface area (Å²) in [4.78, 5) is 1.33. The van der Waals surface area contributed by atoms with Gasteiger partial charge < -0.3 is 5.32 Å². The Bertz CT molecular complexity index is 494. The highest BCUT2D eigenvalue weighted by molar-refractivity contribution is 7.10. The van der Waals surface area contributed by atoms with Gasteiger partial charge in [0.2, 0.25) is 0 Å². The van der Waals surface area contributed by atoms with Gasteiger partial charge >= 0.3 is 0 Å². The van der Waals surface area contributed by atoms with Gasteiger partial charge in [0.05, 0.1) is 0 Å². The maximum Gasteiger partial charge on any atom is 0.263 e. The standard InChI is InChI=1S/C16H19F2NS/c1-2-4-14(15-5-3-10-20-15)19-11-12-6-8-13(9-7-12)16(17)18/h3,5-10,14,16,19H,2,4,11H2,1H3. The average molecular weight is 295 g/mol. The van der Waals surface area contributed by atoms with Gasteiger partial charge in [-0.1, -0.05) is 43.7 Å². The largest absolute Gasteiger partial charge is 0.305 e. The fraction of sp³-hybridized carbons (Fsp3) is 0.375. The van der Waals surface area contributed by atoms with Crippen LogP contribution in [0.1, 0.15) is 48.2 Å². The quantitative estimate of drug-likeness (QED) is 0.729. The molecule has 1 aromatic heterocycles. The lowest BCUT2D eigenvalue weighted by atomic mass is 10.1. The molecule has 0 spiro atoms. The van der Waals surface area contributed by atoms with Gasteiger partial charge in [-0.3, -0.25) is 0 Å². The first-order valence-corrected chi connectivity index (χ1v) is 7.72. The van der Waals surface area contributed by atoms with Crippen LogP contribution < -0.4 is 5.32 Å². The smallest absolute Gasteiger partial charge is 0.263 e. The molecule has 2 aromatic rings. The van der Waals surface area contributed by atoms with E-state index >= 15 is 0 Å². The van der Waals surface area contributed by atoms with Gasteiger partial charge in [0, 0.05) is 23.0 Å². The van der Waals surface area contributed by atoms with E-state index in [9.17, 15) is 8.78 Å². The van der Waals surface area contributed by atoms with E-state index in [1.807, 2.05) is 0 Å². The molecule has 1 atom stereocenters. The summed E-state index contributed by atoms with van der Waals surface area (Å²) in [7, 11) is 0. The Kier molecular flexibility index (Phi) is 5.68. The van der Waals surface area contributed by atoms with E-state index < -0.39 is 6.43 Å². The number of thiophene rings is 1. The zero-order chi connectivity index (χ0) is 14.4. The molecular formula is C16H19F2NS. The van der Waals surface area contributed by atoms with Crippen molar-refractivity contribution in [2.75, 3.05) is 0 Å². The summed E-state index contributed by atoms with van der Waals surface area (Å²) in [5.41, 5.74) is 1.11. The zero-order valence-electron chi connectivity index (χ0n) is 11.5. The monoisotopic (exact) mass is 295 g/mol. The van der Waals surface area contributed by atoms with Crippen LogP contribution in [-0.2, 0) is 6.54 Å². The van der Waals surface area contributed by atoms with E-state index in [0.29, 0.717) is 12.6 Å². The minimum atomic E-state index is -2.39. The second-order valence-electron chi connectivity index (χ2n) is 4.78. The van der Waals surface area contributed by atoms with Gasteiger partial charge in [-0.25, -0.2) is 8.78 Å². The van der Waals surface area contributed by atoms with Crippen molar-refractivity contribution in [3.63, 3.8) is 0 Å². The van der Waals surface area contributed by atoms with E-state index in [4.69, 9.17) is 0 Å². The zero-order valence-corrected chi connectivity index (χ0v) is 12.3. The molecule has 0 aliphatic carbocycles. The number of nitrogens with one attached hydrogen (secondary N) is 1. The molecule has 0 saturated carbocycles. The van der Waals surface area contributed by atoms with Crippen LogP contribution in [-0.4, -0.2) is 0 Å². The molecule has 0 saturated heterocycles. The number of hydrogen-bond donors (Lipinski definition) is 1. The molecule has 0 radical (unpaired) electrons. The van der Waals surface area contributed by atoms with Gasteiger partial charge in [-0.15, -0.1) is 11.3 Å². The first-order valence-electron chi connectivity index (χ1n) is 6.84. The van der Waals surface area contributed by atoms with Crippen molar-refractivity contribution in [2.24, 2.45) is 0 Å². The minimum absolute atomic E-state index is 0.0807. The van der Waals surface area contributed by atoms with Gasteiger partial charge in [-0.2, -0.15) is 0 Å². The van der Waals surface area contributed by atoms with Crippen molar-refractivity contribution in [1.82, 2.24) is 5.32 Å². The molecule has 20 heavy (non-hydrogen) atoms. The second kappa shape index (κ2) is 7.50. The van der Waals surface area contributed by atoms with Gasteiger partial charge in [0.25, 0.3) is 6.43 Å². The van der Waals surface area contributed by atoms with Crippen molar-refractivity contribution in [1.29, 1.82) is 0 Å². The molecule has 0 bridgehead atoms. The van der Waals surface area contributed by atoms with Gasteiger partial charge in [-0.05, 0) is 23.4 Å². The molecular weight excluding hydrogens is 276 g/mol. The summed E-state index contributed by atoms with van der Waals surface area (Å²) in [5.74, 6) is 0. The van der Waals surface area contributed by atoms with E-state index in [0.717, 1.165) is 18.4 Å². The van der Waals surface area contributed by atoms with Crippen LogP contribution >= 0.6 is 11.3 Å². The Labute approximate surface area is 122 Å².